The molecule has 16 heavy (non-hydrogen) atoms. The lowest BCUT2D eigenvalue weighted by Crippen LogP contribution is -2.28. The number of nitrogens with zero attached hydrogens (tertiary/aromatic N) is 1. The molecule has 0 aliphatic carbocycles. The van der Waals surface area contributed by atoms with Crippen molar-refractivity contribution >= 4 is 10.2 Å². The second kappa shape index (κ2) is 2.24. The first kappa shape index (κ1) is 11.7. The summed E-state index contributed by atoms with van der Waals surface area (Å²) in [6, 6.07) is 1.76. The average Bonchev–Trinajstić information content (AvgIpc) is 2.51. The summed E-state index contributed by atoms with van der Waals surface area (Å²) >= 11 is 0. The monoisotopic (exact) mass is 261 g/mol. The van der Waals surface area contributed by atoms with Gasteiger partial charge in [-0.1, -0.05) is 19.4 Å². The normalized spacial score (nSPS) is 42.2. The molecule has 0 aromatic rings. The summed E-state index contributed by atoms with van der Waals surface area (Å²) in [5.74, 6) is -0.804. The van der Waals surface area contributed by atoms with E-state index in [1.54, 1.807) is 6.07 Å². The molecule has 1 saturated heterocycles. The summed E-state index contributed by atoms with van der Waals surface area (Å²) < 4.78 is 67.6. The van der Waals surface area contributed by atoms with Crippen LogP contribution in [-0.4, -0.2) is 11.7 Å². The molecule has 2 aliphatic rings. The molecule has 8 heteroatoms. The van der Waals surface area contributed by atoms with Crippen molar-refractivity contribution in [1.82, 2.24) is 0 Å². The van der Waals surface area contributed by atoms with Gasteiger partial charge in [-0.25, -0.2) is 0 Å². The highest BCUT2D eigenvalue weighted by atomic mass is 32.5. The first-order chi connectivity index (χ1) is 6.85. The van der Waals surface area contributed by atoms with E-state index in [2.05, 4.69) is 0 Å². The van der Waals surface area contributed by atoms with Gasteiger partial charge in [0, 0.05) is 0 Å². The molecule has 2 aliphatic heterocycles. The van der Waals surface area contributed by atoms with Gasteiger partial charge in [0.05, 0.1) is 18.1 Å². The number of hydrogen-bond acceptors (Lipinski definition) is 2. The maximum Gasteiger partial charge on any atom is 0.309 e. The topological polar surface area (TPSA) is 33.0 Å². The van der Waals surface area contributed by atoms with Gasteiger partial charge in [0.25, 0.3) is 0 Å². The Kier molecular flexibility index (Phi) is 1.63. The van der Waals surface area contributed by atoms with Crippen LogP contribution in [0.25, 0.3) is 0 Å². The SMILES string of the molecule is CC12C=C(S(F)(F)(F)(F)F)C(CC1C#N)O2. The van der Waals surface area contributed by atoms with Crippen molar-refractivity contribution < 1.29 is 24.2 Å². The molecule has 0 N–H and O–H groups in total. The minimum atomic E-state index is -9.65. The zero-order chi connectivity index (χ0) is 12.5. The van der Waals surface area contributed by atoms with Crippen molar-refractivity contribution in [1.29, 1.82) is 5.26 Å². The van der Waals surface area contributed by atoms with Gasteiger partial charge in [-0.3, -0.25) is 0 Å². The van der Waals surface area contributed by atoms with Crippen LogP contribution in [0.2, 0.25) is 0 Å². The molecule has 92 valence electrons. The molecule has 2 heterocycles. The number of rotatable bonds is 1. The van der Waals surface area contributed by atoms with Crippen molar-refractivity contribution in [2.45, 2.75) is 25.0 Å². The Morgan fingerprint density at radius 3 is 2.31 bits per heavy atom. The van der Waals surface area contributed by atoms with Gasteiger partial charge in [0.1, 0.15) is 10.5 Å². The second-order valence-corrected chi connectivity index (χ2v) is 6.63. The van der Waals surface area contributed by atoms with Crippen molar-refractivity contribution in [3.05, 3.63) is 11.0 Å². The van der Waals surface area contributed by atoms with Gasteiger partial charge in [-0.15, -0.1) is 0 Å². The van der Waals surface area contributed by atoms with Gasteiger partial charge in [-0.05, 0) is 19.4 Å². The van der Waals surface area contributed by atoms with Crippen molar-refractivity contribution in [2.75, 3.05) is 0 Å². The highest BCUT2D eigenvalue weighted by Crippen LogP contribution is 3.03. The Morgan fingerprint density at radius 1 is 1.44 bits per heavy atom. The van der Waals surface area contributed by atoms with Crippen LogP contribution < -0.4 is 0 Å². The predicted octanol–water partition coefficient (Wildman–Crippen LogP) is 3.87. The number of hydrogen-bond donors (Lipinski definition) is 0. The standard InChI is InChI=1S/C8H8F5NOS/c1-8-3-7(16(9,10,11,12)13)6(15-8)2-5(8)4-14/h3,5-6H,2H2,1H3. The molecule has 0 aromatic heterocycles. The fourth-order valence-electron chi connectivity index (χ4n) is 2.11. The summed E-state index contributed by atoms with van der Waals surface area (Å²) in [6.07, 6.45) is -1.66. The molecule has 1 fully saturated rings. The van der Waals surface area contributed by atoms with E-state index in [0.29, 0.717) is 6.08 Å². The Morgan fingerprint density at radius 2 is 2.00 bits per heavy atom. The predicted molar refractivity (Wildman–Crippen MR) is 48.2 cm³/mol. The first-order valence-electron chi connectivity index (χ1n) is 4.40. The summed E-state index contributed by atoms with van der Waals surface area (Å²) in [4.78, 5) is -1.88. The van der Waals surface area contributed by atoms with Crippen LogP contribution in [0.1, 0.15) is 13.3 Å². The summed E-state index contributed by atoms with van der Waals surface area (Å²) in [6.45, 7) is 1.22. The van der Waals surface area contributed by atoms with Crippen LogP contribution in [-0.2, 0) is 4.74 Å². The Bertz CT molecular complexity index is 435. The third-order valence-corrected chi connectivity index (χ3v) is 4.16. The van der Waals surface area contributed by atoms with Crippen molar-refractivity contribution in [3.63, 3.8) is 0 Å². The fourth-order valence-corrected chi connectivity index (χ4v) is 3.21. The van der Waals surface area contributed by atoms with Gasteiger partial charge >= 0.3 is 10.2 Å². The van der Waals surface area contributed by atoms with E-state index in [-0.39, 0.29) is 6.42 Å². The first-order valence-corrected chi connectivity index (χ1v) is 6.35. The zero-order valence-electron chi connectivity index (χ0n) is 8.09. The van der Waals surface area contributed by atoms with E-state index in [1.807, 2.05) is 0 Å². The molecule has 2 rings (SSSR count). The summed E-state index contributed by atoms with van der Waals surface area (Å²) in [7, 11) is -9.65. The van der Waals surface area contributed by atoms with E-state index in [9.17, 15) is 19.4 Å². The summed E-state index contributed by atoms with van der Waals surface area (Å²) in [5.41, 5.74) is -1.54. The third-order valence-electron chi connectivity index (χ3n) is 2.89. The molecule has 0 radical (unpaired) electrons. The largest absolute Gasteiger partial charge is 0.361 e. The molecule has 0 saturated carbocycles. The van der Waals surface area contributed by atoms with E-state index >= 15 is 0 Å². The van der Waals surface area contributed by atoms with Crippen molar-refractivity contribution in [3.8, 4) is 6.07 Å². The van der Waals surface area contributed by atoms with Crippen LogP contribution in [0.3, 0.4) is 0 Å². The molecule has 0 aromatic carbocycles. The summed E-state index contributed by atoms with van der Waals surface area (Å²) in [5, 5.41) is 8.65. The lowest BCUT2D eigenvalue weighted by atomic mass is 9.85. The Balaban J connectivity index is 2.51. The fraction of sp³-hybridized carbons (Fsp3) is 0.625. The third kappa shape index (κ3) is 1.58. The second-order valence-electron chi connectivity index (χ2n) is 4.22. The van der Waals surface area contributed by atoms with E-state index in [4.69, 9.17) is 10.00 Å². The Hall–Kier alpha value is -0.810. The molecule has 0 spiro atoms. The highest BCUT2D eigenvalue weighted by Gasteiger charge is 2.73. The molecule has 0 amide bonds. The maximum atomic E-state index is 12.5. The van der Waals surface area contributed by atoms with Crippen LogP contribution in [0.15, 0.2) is 11.0 Å². The number of nitriles is 1. The number of fused-ring (bicyclic) bond motifs is 2. The highest BCUT2D eigenvalue weighted by molar-refractivity contribution is 8.48. The van der Waals surface area contributed by atoms with E-state index in [0.717, 1.165) is 0 Å². The van der Waals surface area contributed by atoms with Gasteiger partial charge < -0.3 is 4.74 Å². The molecule has 2 bridgehead atoms. The zero-order valence-corrected chi connectivity index (χ0v) is 8.91. The molecular formula is C8H8F5NOS. The van der Waals surface area contributed by atoms with Gasteiger partial charge in [-0.2, -0.15) is 5.26 Å². The van der Waals surface area contributed by atoms with Crippen LogP contribution in [0, 0.1) is 17.2 Å². The average molecular weight is 261 g/mol. The van der Waals surface area contributed by atoms with Crippen LogP contribution in [0.4, 0.5) is 19.4 Å². The lowest BCUT2D eigenvalue weighted by Gasteiger charge is -2.43. The molecule has 3 atom stereocenters. The van der Waals surface area contributed by atoms with Crippen LogP contribution in [0.5, 0.6) is 0 Å². The van der Waals surface area contributed by atoms with E-state index in [1.165, 1.54) is 6.92 Å². The van der Waals surface area contributed by atoms with Gasteiger partial charge in [0.2, 0.25) is 0 Å². The van der Waals surface area contributed by atoms with Crippen molar-refractivity contribution in [2.24, 2.45) is 5.92 Å². The Labute approximate surface area is 88.4 Å². The van der Waals surface area contributed by atoms with Gasteiger partial charge in [0.15, 0.2) is 0 Å². The quantitative estimate of drug-likeness (QED) is 0.671. The van der Waals surface area contributed by atoms with E-state index < -0.39 is 32.8 Å². The molecular weight excluding hydrogens is 253 g/mol. The van der Waals surface area contributed by atoms with Crippen LogP contribution >= 0.6 is 10.2 Å². The minimum absolute atomic E-state index is 0.329. The lowest BCUT2D eigenvalue weighted by molar-refractivity contribution is 0.0345. The molecule has 2 nitrogen and oxygen atoms in total. The minimum Gasteiger partial charge on any atom is -0.361 e. The number of ether oxygens (including phenoxy) is 1. The maximum absolute atomic E-state index is 12.5. The smallest absolute Gasteiger partial charge is 0.309 e. The molecule has 3 unspecified atom stereocenters. The number of halogens is 5.